The minimum Gasteiger partial charge on any atom is -0.453 e. The van der Waals surface area contributed by atoms with Crippen LogP contribution in [0.5, 0.6) is 5.75 Å². The first-order chi connectivity index (χ1) is 7.84. The second-order valence-electron chi connectivity index (χ2n) is 3.13. The van der Waals surface area contributed by atoms with Crippen LogP contribution in [0.25, 0.3) is 0 Å². The van der Waals surface area contributed by atoms with Gasteiger partial charge in [-0.1, -0.05) is 0 Å². The summed E-state index contributed by atoms with van der Waals surface area (Å²) in [6.45, 7) is 1.19. The quantitative estimate of drug-likeness (QED) is 0.509. The number of nitrogens with two attached hydrogens (primary N) is 1. The molecule has 0 aromatic heterocycles. The molecule has 0 heterocycles. The molecule has 2 N–H and O–H groups in total. The molecule has 0 saturated carbocycles. The molecule has 0 saturated heterocycles. The fraction of sp³-hybridized carbons (Fsp3) is 0.400. The van der Waals surface area contributed by atoms with Crippen LogP contribution in [-0.4, -0.2) is 19.1 Å². The maximum Gasteiger partial charge on any atom is 0.452 e. The van der Waals surface area contributed by atoms with Gasteiger partial charge in [-0.05, 0) is 19.1 Å². The number of benzene rings is 1. The van der Waals surface area contributed by atoms with Crippen LogP contribution in [0.4, 0.5) is 23.2 Å². The zero-order valence-corrected chi connectivity index (χ0v) is 8.92. The summed E-state index contributed by atoms with van der Waals surface area (Å²) in [7, 11) is 0. The summed E-state index contributed by atoms with van der Waals surface area (Å²) < 4.78 is 59.0. The average molecular weight is 253 g/mol. The van der Waals surface area contributed by atoms with E-state index in [0.29, 0.717) is 0 Å². The summed E-state index contributed by atoms with van der Waals surface area (Å²) >= 11 is 0. The van der Waals surface area contributed by atoms with Crippen molar-refractivity contribution in [2.75, 3.05) is 12.3 Å². The van der Waals surface area contributed by atoms with Gasteiger partial charge in [0.25, 0.3) is 6.29 Å². The molecule has 0 aliphatic carbocycles. The predicted octanol–water partition coefficient (Wildman–Crippen LogP) is 2.71. The summed E-state index contributed by atoms with van der Waals surface area (Å²) in [5.74, 6) is -1.15. The average Bonchev–Trinajstić information content (AvgIpc) is 2.21. The summed E-state index contributed by atoms with van der Waals surface area (Å²) in [5.41, 5.74) is 5.27. The zero-order valence-electron chi connectivity index (χ0n) is 8.92. The lowest BCUT2D eigenvalue weighted by molar-refractivity contribution is -0.281. The molecule has 0 aliphatic heterocycles. The number of ether oxygens (including phenoxy) is 2. The Morgan fingerprint density at radius 3 is 2.53 bits per heavy atom. The van der Waals surface area contributed by atoms with Gasteiger partial charge in [0, 0.05) is 12.7 Å². The van der Waals surface area contributed by atoms with E-state index in [1.165, 1.54) is 6.92 Å². The summed E-state index contributed by atoms with van der Waals surface area (Å²) in [6, 6.07) is 2.91. The third-order valence-corrected chi connectivity index (χ3v) is 1.79. The van der Waals surface area contributed by atoms with E-state index in [9.17, 15) is 17.6 Å². The Morgan fingerprint density at radius 2 is 2.00 bits per heavy atom. The Kier molecular flexibility index (Phi) is 4.17. The normalized spacial score (nSPS) is 13.5. The number of alkyl halides is 3. The lowest BCUT2D eigenvalue weighted by Crippen LogP contribution is -2.37. The van der Waals surface area contributed by atoms with Gasteiger partial charge >= 0.3 is 6.18 Å². The third-order valence-electron chi connectivity index (χ3n) is 1.79. The Hall–Kier alpha value is -1.50. The van der Waals surface area contributed by atoms with Crippen molar-refractivity contribution in [1.29, 1.82) is 0 Å². The van der Waals surface area contributed by atoms with Crippen LogP contribution in [0, 0.1) is 5.82 Å². The molecule has 0 aliphatic rings. The Labute approximate surface area is 95.1 Å². The van der Waals surface area contributed by atoms with E-state index < -0.39 is 24.0 Å². The number of nitrogen functional groups attached to an aromatic ring is 1. The molecule has 1 aromatic carbocycles. The molecule has 0 bridgehead atoms. The SMILES string of the molecule is CCO[C@@H](Oc1cc(F)ccc1N)C(F)(F)F. The Balaban J connectivity index is 2.89. The van der Waals surface area contributed by atoms with Gasteiger partial charge in [-0.15, -0.1) is 0 Å². The molecule has 96 valence electrons. The Morgan fingerprint density at radius 1 is 1.35 bits per heavy atom. The number of hydrogen-bond donors (Lipinski definition) is 1. The van der Waals surface area contributed by atoms with Crippen LogP contribution in [0.3, 0.4) is 0 Å². The molecule has 7 heteroatoms. The fourth-order valence-corrected chi connectivity index (χ4v) is 1.07. The highest BCUT2D eigenvalue weighted by molar-refractivity contribution is 5.52. The molecule has 1 rings (SSSR count). The van der Waals surface area contributed by atoms with Crippen LogP contribution in [0.15, 0.2) is 18.2 Å². The van der Waals surface area contributed by atoms with Gasteiger partial charge in [-0.2, -0.15) is 13.2 Å². The molecule has 17 heavy (non-hydrogen) atoms. The lowest BCUT2D eigenvalue weighted by atomic mass is 10.3. The molecule has 1 atom stereocenters. The van der Waals surface area contributed by atoms with E-state index in [-0.39, 0.29) is 12.3 Å². The molecule has 0 radical (unpaired) electrons. The highest BCUT2D eigenvalue weighted by Gasteiger charge is 2.43. The number of halogens is 4. The maximum atomic E-state index is 12.8. The molecule has 1 aromatic rings. The number of anilines is 1. The van der Waals surface area contributed by atoms with E-state index in [4.69, 9.17) is 5.73 Å². The monoisotopic (exact) mass is 253 g/mol. The smallest absolute Gasteiger partial charge is 0.452 e. The van der Waals surface area contributed by atoms with Crippen molar-refractivity contribution in [3.05, 3.63) is 24.0 Å². The molecule has 0 fully saturated rings. The van der Waals surface area contributed by atoms with Gasteiger partial charge in [0.1, 0.15) is 11.6 Å². The van der Waals surface area contributed by atoms with E-state index in [0.717, 1.165) is 18.2 Å². The highest BCUT2D eigenvalue weighted by atomic mass is 19.4. The predicted molar refractivity (Wildman–Crippen MR) is 52.9 cm³/mol. The molecular formula is C10H11F4NO2. The largest absolute Gasteiger partial charge is 0.453 e. The Bertz CT molecular complexity index is 381. The van der Waals surface area contributed by atoms with Crippen molar-refractivity contribution in [3.63, 3.8) is 0 Å². The summed E-state index contributed by atoms with van der Waals surface area (Å²) in [6.07, 6.45) is -7.18. The van der Waals surface area contributed by atoms with E-state index in [2.05, 4.69) is 9.47 Å². The summed E-state index contributed by atoms with van der Waals surface area (Å²) in [5, 5.41) is 0. The second-order valence-corrected chi connectivity index (χ2v) is 3.13. The van der Waals surface area contributed by atoms with E-state index in [1.807, 2.05) is 0 Å². The third kappa shape index (κ3) is 3.77. The van der Waals surface area contributed by atoms with Crippen molar-refractivity contribution in [2.45, 2.75) is 19.4 Å². The topological polar surface area (TPSA) is 44.5 Å². The van der Waals surface area contributed by atoms with Crippen molar-refractivity contribution in [3.8, 4) is 5.75 Å². The van der Waals surface area contributed by atoms with E-state index in [1.54, 1.807) is 0 Å². The van der Waals surface area contributed by atoms with Gasteiger partial charge in [-0.25, -0.2) is 4.39 Å². The standard InChI is InChI=1S/C10H11F4NO2/c1-2-16-9(10(12,13)14)17-8-5-6(11)3-4-7(8)15/h3-5,9H,2,15H2,1H3/t9-/m0/s1. The molecule has 0 unspecified atom stereocenters. The molecule has 0 spiro atoms. The minimum atomic E-state index is -4.71. The van der Waals surface area contributed by atoms with Crippen LogP contribution < -0.4 is 10.5 Å². The number of hydrogen-bond acceptors (Lipinski definition) is 3. The van der Waals surface area contributed by atoms with Gasteiger partial charge in [0.05, 0.1) is 5.69 Å². The first-order valence-electron chi connectivity index (χ1n) is 4.74. The number of rotatable bonds is 4. The maximum absolute atomic E-state index is 12.8. The lowest BCUT2D eigenvalue weighted by Gasteiger charge is -2.21. The first kappa shape index (κ1) is 13.6. The van der Waals surface area contributed by atoms with Crippen molar-refractivity contribution < 1.29 is 27.0 Å². The fourth-order valence-electron chi connectivity index (χ4n) is 1.07. The first-order valence-corrected chi connectivity index (χ1v) is 4.74. The molecule has 0 amide bonds. The van der Waals surface area contributed by atoms with Gasteiger partial charge < -0.3 is 15.2 Å². The van der Waals surface area contributed by atoms with Crippen molar-refractivity contribution >= 4 is 5.69 Å². The van der Waals surface area contributed by atoms with E-state index >= 15 is 0 Å². The van der Waals surface area contributed by atoms with Crippen LogP contribution >= 0.6 is 0 Å². The van der Waals surface area contributed by atoms with Crippen molar-refractivity contribution in [1.82, 2.24) is 0 Å². The second kappa shape index (κ2) is 5.22. The zero-order chi connectivity index (χ0) is 13.1. The van der Waals surface area contributed by atoms with Gasteiger partial charge in [0.2, 0.25) is 0 Å². The summed E-state index contributed by atoms with van der Waals surface area (Å²) in [4.78, 5) is 0. The van der Waals surface area contributed by atoms with Crippen molar-refractivity contribution in [2.24, 2.45) is 0 Å². The van der Waals surface area contributed by atoms with Crippen LogP contribution in [0.2, 0.25) is 0 Å². The van der Waals surface area contributed by atoms with Crippen LogP contribution in [0.1, 0.15) is 6.92 Å². The minimum absolute atomic E-state index is 0.0969. The highest BCUT2D eigenvalue weighted by Crippen LogP contribution is 2.29. The molecular weight excluding hydrogens is 242 g/mol. The van der Waals surface area contributed by atoms with Gasteiger partial charge in [-0.3, -0.25) is 0 Å². The van der Waals surface area contributed by atoms with Crippen LogP contribution in [-0.2, 0) is 4.74 Å². The van der Waals surface area contributed by atoms with Gasteiger partial charge in [0.15, 0.2) is 0 Å². The molecule has 3 nitrogen and oxygen atoms in total.